The first-order valence-electron chi connectivity index (χ1n) is 8.42. The van der Waals surface area contributed by atoms with Crippen LogP contribution in [0.4, 0.5) is 16.2 Å². The Morgan fingerprint density at radius 3 is 2.43 bits per heavy atom. The molecule has 5 amide bonds. The van der Waals surface area contributed by atoms with E-state index in [-0.39, 0.29) is 12.3 Å². The number of carbonyl (C=O) groups excluding carboxylic acids is 4. The lowest BCUT2D eigenvalue weighted by Gasteiger charge is -2.11. The number of hydrogen-bond acceptors (Lipinski definition) is 5. The number of imide groups is 1. The van der Waals surface area contributed by atoms with Crippen LogP contribution in [0.3, 0.4) is 0 Å². The van der Waals surface area contributed by atoms with Crippen molar-refractivity contribution in [1.82, 2.24) is 10.6 Å². The zero-order valence-corrected chi connectivity index (χ0v) is 14.9. The Balaban J connectivity index is 1.64. The standard InChI is InChI=1S/C19H18N4O5/c1-28-15-8-3-2-7-13(15)17(25)21-12-6-4-5-11(9-12)20-16(24)10-14-18(26)23-19(27)22-14/h2-9,14H,10H2,1H3,(H,20,24)(H,21,25)(H2,22,23,26,27). The van der Waals surface area contributed by atoms with E-state index in [1.54, 1.807) is 48.5 Å². The molecule has 1 atom stereocenters. The number of para-hydroxylation sites is 1. The zero-order valence-electron chi connectivity index (χ0n) is 14.9. The summed E-state index contributed by atoms with van der Waals surface area (Å²) in [5.41, 5.74) is 1.29. The van der Waals surface area contributed by atoms with Gasteiger partial charge >= 0.3 is 6.03 Å². The first-order valence-corrected chi connectivity index (χ1v) is 8.42. The normalized spacial score (nSPS) is 15.4. The number of amides is 5. The monoisotopic (exact) mass is 382 g/mol. The van der Waals surface area contributed by atoms with Crippen LogP contribution in [0.25, 0.3) is 0 Å². The summed E-state index contributed by atoms with van der Waals surface area (Å²) in [5, 5.41) is 9.80. The van der Waals surface area contributed by atoms with Gasteiger partial charge < -0.3 is 20.7 Å². The van der Waals surface area contributed by atoms with E-state index in [4.69, 9.17) is 4.74 Å². The molecule has 2 aromatic carbocycles. The number of methoxy groups -OCH3 is 1. The third kappa shape index (κ3) is 4.44. The molecular formula is C19H18N4O5. The van der Waals surface area contributed by atoms with Crippen LogP contribution in [0.2, 0.25) is 0 Å². The van der Waals surface area contributed by atoms with Gasteiger partial charge in [-0.2, -0.15) is 0 Å². The summed E-state index contributed by atoms with van der Waals surface area (Å²) in [6.07, 6.45) is -0.199. The molecule has 0 spiro atoms. The highest BCUT2D eigenvalue weighted by atomic mass is 16.5. The molecule has 0 saturated carbocycles. The van der Waals surface area contributed by atoms with Gasteiger partial charge in [0.2, 0.25) is 5.91 Å². The maximum absolute atomic E-state index is 12.5. The molecule has 4 N–H and O–H groups in total. The fraction of sp³-hybridized carbons (Fsp3) is 0.158. The third-order valence-corrected chi connectivity index (χ3v) is 4.00. The molecule has 1 fully saturated rings. The van der Waals surface area contributed by atoms with Crippen molar-refractivity contribution < 1.29 is 23.9 Å². The second kappa shape index (κ2) is 8.21. The van der Waals surface area contributed by atoms with Crippen molar-refractivity contribution in [2.24, 2.45) is 0 Å². The molecule has 0 radical (unpaired) electrons. The SMILES string of the molecule is COc1ccccc1C(=O)Nc1cccc(NC(=O)CC2NC(=O)NC2=O)c1. The number of nitrogens with one attached hydrogen (secondary N) is 4. The highest BCUT2D eigenvalue weighted by molar-refractivity contribution is 6.08. The minimum atomic E-state index is -0.902. The Bertz CT molecular complexity index is 943. The number of carbonyl (C=O) groups is 4. The van der Waals surface area contributed by atoms with Crippen LogP contribution in [0.5, 0.6) is 5.75 Å². The lowest BCUT2D eigenvalue weighted by Crippen LogP contribution is -2.33. The Hall–Kier alpha value is -3.88. The largest absolute Gasteiger partial charge is 0.496 e. The summed E-state index contributed by atoms with van der Waals surface area (Å²) in [4.78, 5) is 47.2. The maximum Gasteiger partial charge on any atom is 0.322 e. The Kier molecular flexibility index (Phi) is 5.54. The molecule has 144 valence electrons. The number of hydrogen-bond donors (Lipinski definition) is 4. The van der Waals surface area contributed by atoms with Gasteiger partial charge in [0, 0.05) is 11.4 Å². The molecule has 3 rings (SSSR count). The smallest absolute Gasteiger partial charge is 0.322 e. The van der Waals surface area contributed by atoms with E-state index in [0.717, 1.165) is 0 Å². The summed E-state index contributed by atoms with van der Waals surface area (Å²) in [5.74, 6) is -0.902. The zero-order chi connectivity index (χ0) is 20.1. The summed E-state index contributed by atoms with van der Waals surface area (Å²) in [6.45, 7) is 0. The van der Waals surface area contributed by atoms with Crippen molar-refractivity contribution in [2.75, 3.05) is 17.7 Å². The van der Waals surface area contributed by atoms with E-state index in [9.17, 15) is 19.2 Å². The minimum Gasteiger partial charge on any atom is -0.496 e. The summed E-state index contributed by atoms with van der Waals surface area (Å²) >= 11 is 0. The summed E-state index contributed by atoms with van der Waals surface area (Å²) in [7, 11) is 1.48. The van der Waals surface area contributed by atoms with E-state index >= 15 is 0 Å². The number of ether oxygens (including phenoxy) is 1. The average molecular weight is 382 g/mol. The summed E-state index contributed by atoms with van der Waals surface area (Å²) < 4.78 is 5.18. The highest BCUT2D eigenvalue weighted by Gasteiger charge is 2.31. The van der Waals surface area contributed by atoms with Gasteiger partial charge in [-0.3, -0.25) is 19.7 Å². The molecular weight excluding hydrogens is 364 g/mol. The second-order valence-electron chi connectivity index (χ2n) is 6.00. The van der Waals surface area contributed by atoms with Crippen molar-refractivity contribution in [3.63, 3.8) is 0 Å². The topological polar surface area (TPSA) is 126 Å². The molecule has 0 aliphatic carbocycles. The lowest BCUT2D eigenvalue weighted by molar-refractivity contribution is -0.124. The molecule has 1 heterocycles. The molecule has 1 aliphatic rings. The molecule has 28 heavy (non-hydrogen) atoms. The molecule has 1 saturated heterocycles. The molecule has 9 heteroatoms. The predicted octanol–water partition coefficient (Wildman–Crippen LogP) is 1.48. The number of urea groups is 1. The Morgan fingerprint density at radius 1 is 1.04 bits per heavy atom. The first-order chi connectivity index (χ1) is 13.5. The van der Waals surface area contributed by atoms with Crippen LogP contribution in [0, 0.1) is 0 Å². The van der Waals surface area contributed by atoms with Crippen LogP contribution in [-0.2, 0) is 9.59 Å². The van der Waals surface area contributed by atoms with Crippen molar-refractivity contribution in [3.05, 3.63) is 54.1 Å². The minimum absolute atomic E-state index is 0.199. The van der Waals surface area contributed by atoms with Gasteiger partial charge in [-0.05, 0) is 30.3 Å². The average Bonchev–Trinajstić information content (AvgIpc) is 2.98. The second-order valence-corrected chi connectivity index (χ2v) is 6.00. The number of benzene rings is 2. The van der Waals surface area contributed by atoms with Crippen LogP contribution in [-0.4, -0.2) is 36.9 Å². The Morgan fingerprint density at radius 2 is 1.75 bits per heavy atom. The Labute approximate surface area is 160 Å². The third-order valence-electron chi connectivity index (χ3n) is 4.00. The van der Waals surface area contributed by atoms with E-state index < -0.39 is 23.9 Å². The van der Waals surface area contributed by atoms with Crippen LogP contribution >= 0.6 is 0 Å². The van der Waals surface area contributed by atoms with Crippen molar-refractivity contribution in [3.8, 4) is 5.75 Å². The lowest BCUT2D eigenvalue weighted by atomic mass is 10.1. The molecule has 1 unspecified atom stereocenters. The molecule has 1 aliphatic heterocycles. The first kappa shape index (κ1) is 18.9. The fourth-order valence-corrected chi connectivity index (χ4v) is 2.71. The van der Waals surface area contributed by atoms with Crippen LogP contribution < -0.4 is 26.0 Å². The quantitative estimate of drug-likeness (QED) is 0.563. The van der Waals surface area contributed by atoms with Gasteiger partial charge in [-0.15, -0.1) is 0 Å². The van der Waals surface area contributed by atoms with E-state index in [0.29, 0.717) is 22.7 Å². The maximum atomic E-state index is 12.5. The molecule has 0 bridgehead atoms. The number of rotatable bonds is 6. The fourth-order valence-electron chi connectivity index (χ4n) is 2.71. The van der Waals surface area contributed by atoms with Gasteiger partial charge in [0.15, 0.2) is 0 Å². The molecule has 0 aromatic heterocycles. The van der Waals surface area contributed by atoms with Crippen molar-refractivity contribution >= 4 is 35.1 Å². The molecule has 2 aromatic rings. The van der Waals surface area contributed by atoms with Crippen LogP contribution in [0.1, 0.15) is 16.8 Å². The predicted molar refractivity (Wildman–Crippen MR) is 101 cm³/mol. The molecule has 9 nitrogen and oxygen atoms in total. The summed E-state index contributed by atoms with van der Waals surface area (Å²) in [6, 6.07) is 11.9. The van der Waals surface area contributed by atoms with Crippen LogP contribution in [0.15, 0.2) is 48.5 Å². The van der Waals surface area contributed by atoms with E-state index in [1.807, 2.05) is 0 Å². The van der Waals surface area contributed by atoms with Gasteiger partial charge in [0.25, 0.3) is 11.8 Å². The van der Waals surface area contributed by atoms with E-state index in [2.05, 4.69) is 21.3 Å². The van der Waals surface area contributed by atoms with Crippen molar-refractivity contribution in [1.29, 1.82) is 0 Å². The van der Waals surface area contributed by atoms with Gasteiger partial charge in [-0.1, -0.05) is 18.2 Å². The van der Waals surface area contributed by atoms with Gasteiger partial charge in [-0.25, -0.2) is 4.79 Å². The van der Waals surface area contributed by atoms with Gasteiger partial charge in [0.1, 0.15) is 11.8 Å². The van der Waals surface area contributed by atoms with Gasteiger partial charge in [0.05, 0.1) is 19.1 Å². The number of anilines is 2. The van der Waals surface area contributed by atoms with Crippen molar-refractivity contribution in [2.45, 2.75) is 12.5 Å². The van der Waals surface area contributed by atoms with E-state index in [1.165, 1.54) is 7.11 Å². The highest BCUT2D eigenvalue weighted by Crippen LogP contribution is 2.21.